The van der Waals surface area contributed by atoms with E-state index >= 15 is 0 Å². The Morgan fingerprint density at radius 2 is 1.68 bits per heavy atom. The molecule has 3 aromatic rings. The third kappa shape index (κ3) is 4.36. The van der Waals surface area contributed by atoms with Crippen LogP contribution in [0.2, 0.25) is 5.02 Å². The van der Waals surface area contributed by atoms with Crippen molar-refractivity contribution in [1.82, 2.24) is 0 Å². The molecule has 0 spiro atoms. The van der Waals surface area contributed by atoms with E-state index in [0.717, 1.165) is 22.3 Å². The van der Waals surface area contributed by atoms with Crippen molar-refractivity contribution < 1.29 is 9.53 Å². The minimum Gasteiger partial charge on any atom is -0.380 e. The molecule has 0 unspecified atom stereocenters. The fourth-order valence-corrected chi connectivity index (χ4v) is 2.96. The van der Waals surface area contributed by atoms with Crippen LogP contribution in [0, 0.1) is 0 Å². The summed E-state index contributed by atoms with van der Waals surface area (Å²) < 4.78 is 5.33. The highest BCUT2D eigenvalue weighted by molar-refractivity contribution is 6.30. The van der Waals surface area contributed by atoms with E-state index in [9.17, 15) is 4.79 Å². The number of carbonyl (C=O) groups is 1. The summed E-state index contributed by atoms with van der Waals surface area (Å²) in [7, 11) is 1.66. The Balaban J connectivity index is 1.90. The van der Waals surface area contributed by atoms with E-state index in [1.165, 1.54) is 0 Å². The Kier molecular flexibility index (Phi) is 5.64. The standard InChI is InChI=1S/C22H19ClO2/c1-25-15-19-14-18(22(24)13-16-5-3-2-4-6-16)9-12-21(19)17-7-10-20(23)11-8-17/h2-12,14H,13,15H2,1H3. The summed E-state index contributed by atoms with van der Waals surface area (Å²) in [6.45, 7) is 0.449. The fourth-order valence-electron chi connectivity index (χ4n) is 2.84. The molecule has 3 rings (SSSR count). The normalized spacial score (nSPS) is 10.6. The summed E-state index contributed by atoms with van der Waals surface area (Å²) in [5.41, 5.74) is 4.81. The molecule has 0 aromatic heterocycles. The molecule has 0 N–H and O–H groups in total. The van der Waals surface area contributed by atoms with Crippen molar-refractivity contribution in [2.24, 2.45) is 0 Å². The van der Waals surface area contributed by atoms with Crippen LogP contribution in [0.1, 0.15) is 21.5 Å². The molecule has 0 fully saturated rings. The Hall–Kier alpha value is -2.42. The SMILES string of the molecule is COCc1cc(C(=O)Cc2ccccc2)ccc1-c1ccc(Cl)cc1. The molecule has 0 radical (unpaired) electrons. The number of rotatable bonds is 6. The van der Waals surface area contributed by atoms with Gasteiger partial charge in [0.25, 0.3) is 0 Å². The molecule has 0 heterocycles. The fraction of sp³-hybridized carbons (Fsp3) is 0.136. The van der Waals surface area contributed by atoms with E-state index in [-0.39, 0.29) is 5.78 Å². The van der Waals surface area contributed by atoms with Crippen molar-refractivity contribution in [2.75, 3.05) is 7.11 Å². The summed E-state index contributed by atoms with van der Waals surface area (Å²) in [5, 5.41) is 0.701. The van der Waals surface area contributed by atoms with Gasteiger partial charge in [-0.15, -0.1) is 0 Å². The molecule has 3 heteroatoms. The highest BCUT2D eigenvalue weighted by atomic mass is 35.5. The van der Waals surface area contributed by atoms with E-state index in [1.54, 1.807) is 7.11 Å². The van der Waals surface area contributed by atoms with E-state index in [1.807, 2.05) is 72.8 Å². The van der Waals surface area contributed by atoms with Crippen LogP contribution in [0.25, 0.3) is 11.1 Å². The van der Waals surface area contributed by atoms with Crippen LogP contribution in [-0.2, 0) is 17.8 Å². The summed E-state index contributed by atoms with van der Waals surface area (Å²) in [4.78, 5) is 12.6. The van der Waals surface area contributed by atoms with Gasteiger partial charge in [-0.05, 0) is 40.5 Å². The van der Waals surface area contributed by atoms with Crippen LogP contribution >= 0.6 is 11.6 Å². The highest BCUT2D eigenvalue weighted by Crippen LogP contribution is 2.27. The quantitative estimate of drug-likeness (QED) is 0.542. The van der Waals surface area contributed by atoms with Gasteiger partial charge in [0.2, 0.25) is 0 Å². The zero-order chi connectivity index (χ0) is 17.6. The van der Waals surface area contributed by atoms with Crippen molar-refractivity contribution >= 4 is 17.4 Å². The van der Waals surface area contributed by atoms with Crippen LogP contribution in [0.5, 0.6) is 0 Å². The predicted molar refractivity (Wildman–Crippen MR) is 102 cm³/mol. The van der Waals surface area contributed by atoms with Crippen molar-refractivity contribution in [1.29, 1.82) is 0 Å². The second-order valence-corrected chi connectivity index (χ2v) is 6.33. The van der Waals surface area contributed by atoms with Gasteiger partial charge in [-0.1, -0.05) is 66.2 Å². The number of benzene rings is 3. The van der Waals surface area contributed by atoms with Crippen molar-refractivity contribution in [3.63, 3.8) is 0 Å². The molecule has 0 aliphatic rings. The maximum atomic E-state index is 12.6. The first-order valence-corrected chi connectivity index (χ1v) is 8.50. The molecular formula is C22H19ClO2. The molecule has 0 aliphatic heterocycles. The van der Waals surface area contributed by atoms with Gasteiger partial charge in [0.15, 0.2) is 5.78 Å². The van der Waals surface area contributed by atoms with Gasteiger partial charge in [-0.3, -0.25) is 4.79 Å². The minimum atomic E-state index is 0.103. The third-order valence-electron chi connectivity index (χ3n) is 4.09. The van der Waals surface area contributed by atoms with Crippen molar-refractivity contribution in [2.45, 2.75) is 13.0 Å². The molecular weight excluding hydrogens is 332 g/mol. The van der Waals surface area contributed by atoms with Gasteiger partial charge < -0.3 is 4.74 Å². The van der Waals surface area contributed by atoms with Gasteiger partial charge >= 0.3 is 0 Å². The van der Waals surface area contributed by atoms with Gasteiger partial charge in [0.05, 0.1) is 6.61 Å². The topological polar surface area (TPSA) is 26.3 Å². The number of methoxy groups -OCH3 is 1. The summed E-state index contributed by atoms with van der Waals surface area (Å²) in [5.74, 6) is 0.103. The van der Waals surface area contributed by atoms with Crippen molar-refractivity contribution in [3.05, 3.63) is 94.5 Å². The van der Waals surface area contributed by atoms with Crippen molar-refractivity contribution in [3.8, 4) is 11.1 Å². The van der Waals surface area contributed by atoms with Crippen LogP contribution < -0.4 is 0 Å². The Morgan fingerprint density at radius 1 is 0.960 bits per heavy atom. The zero-order valence-corrected chi connectivity index (χ0v) is 14.8. The number of Topliss-reactive ketones (excluding diaryl/α,β-unsaturated/α-hetero) is 1. The summed E-state index contributed by atoms with van der Waals surface area (Å²) in [6, 6.07) is 23.3. The van der Waals surface area contributed by atoms with Gasteiger partial charge in [0.1, 0.15) is 0 Å². The number of ether oxygens (including phenoxy) is 1. The lowest BCUT2D eigenvalue weighted by Gasteiger charge is -2.12. The van der Waals surface area contributed by atoms with Crippen LogP contribution in [-0.4, -0.2) is 12.9 Å². The first kappa shape index (κ1) is 17.4. The molecule has 0 aliphatic carbocycles. The average Bonchev–Trinajstić information content (AvgIpc) is 2.64. The monoisotopic (exact) mass is 350 g/mol. The minimum absolute atomic E-state index is 0.103. The Morgan fingerprint density at radius 3 is 2.36 bits per heavy atom. The maximum absolute atomic E-state index is 12.6. The van der Waals surface area contributed by atoms with E-state index in [2.05, 4.69) is 0 Å². The summed E-state index contributed by atoms with van der Waals surface area (Å²) >= 11 is 5.97. The van der Waals surface area contributed by atoms with Crippen LogP contribution in [0.15, 0.2) is 72.8 Å². The van der Waals surface area contributed by atoms with Gasteiger partial charge in [-0.25, -0.2) is 0 Å². The first-order chi connectivity index (χ1) is 12.2. The molecule has 0 atom stereocenters. The number of ketones is 1. The first-order valence-electron chi connectivity index (χ1n) is 8.12. The molecule has 0 amide bonds. The second kappa shape index (κ2) is 8.11. The molecule has 3 aromatic carbocycles. The lowest BCUT2D eigenvalue weighted by atomic mass is 9.95. The molecule has 0 saturated heterocycles. The van der Waals surface area contributed by atoms with E-state index < -0.39 is 0 Å². The van der Waals surface area contributed by atoms with Crippen LogP contribution in [0.3, 0.4) is 0 Å². The number of halogens is 1. The lowest BCUT2D eigenvalue weighted by Crippen LogP contribution is -2.05. The lowest BCUT2D eigenvalue weighted by molar-refractivity contribution is 0.0992. The number of hydrogen-bond donors (Lipinski definition) is 0. The molecule has 0 bridgehead atoms. The van der Waals surface area contributed by atoms with E-state index in [4.69, 9.17) is 16.3 Å². The smallest absolute Gasteiger partial charge is 0.167 e. The number of hydrogen-bond acceptors (Lipinski definition) is 2. The Bertz CT molecular complexity index is 855. The van der Waals surface area contributed by atoms with Crippen LogP contribution in [0.4, 0.5) is 0 Å². The predicted octanol–water partition coefficient (Wildman–Crippen LogP) is 5.58. The van der Waals surface area contributed by atoms with Gasteiger partial charge in [0, 0.05) is 24.1 Å². The molecule has 25 heavy (non-hydrogen) atoms. The second-order valence-electron chi connectivity index (χ2n) is 5.90. The highest BCUT2D eigenvalue weighted by Gasteiger charge is 2.12. The summed E-state index contributed by atoms with van der Waals surface area (Å²) in [6.07, 6.45) is 0.396. The van der Waals surface area contributed by atoms with Gasteiger partial charge in [-0.2, -0.15) is 0 Å². The Labute approximate surface area is 153 Å². The maximum Gasteiger partial charge on any atom is 0.167 e. The number of carbonyl (C=O) groups excluding carboxylic acids is 1. The van der Waals surface area contributed by atoms with E-state index in [0.29, 0.717) is 23.6 Å². The zero-order valence-electron chi connectivity index (χ0n) is 14.0. The molecule has 126 valence electrons. The molecule has 0 saturated carbocycles. The largest absolute Gasteiger partial charge is 0.380 e. The third-order valence-corrected chi connectivity index (χ3v) is 4.34. The molecule has 2 nitrogen and oxygen atoms in total. The average molecular weight is 351 g/mol.